The number of nitrogens with one attached hydrogen (secondary N) is 2. The standard InChI is InChI=1S/C16H23NO4.C12H23N/c1-16(2,3)21-15(20)17-13(14(18)19)11-7-10-12-8-5-4-6-9-12;1-3-7-11(8-4-1)13-12-9-5-2-6-10-12/h4-6,8-9,13H,7,10-11H2,1-3H3,(H,17,20)(H,18,19);11-13H,1-10H2/t13-;/m0./s1. The van der Waals surface area contributed by atoms with Gasteiger partial charge in [0.15, 0.2) is 0 Å². The van der Waals surface area contributed by atoms with Crippen molar-refractivity contribution >= 4 is 12.1 Å². The zero-order valence-electron chi connectivity index (χ0n) is 21.5. The number of carboxylic acids is 1. The molecule has 0 bridgehead atoms. The van der Waals surface area contributed by atoms with E-state index in [0.717, 1.165) is 24.1 Å². The quantitative estimate of drug-likeness (QED) is 0.416. The van der Waals surface area contributed by atoms with Crippen LogP contribution in [-0.2, 0) is 16.0 Å². The molecule has 0 heterocycles. The summed E-state index contributed by atoms with van der Waals surface area (Å²) in [6.07, 6.45) is 15.7. The van der Waals surface area contributed by atoms with E-state index in [9.17, 15) is 9.59 Å². The van der Waals surface area contributed by atoms with Crippen LogP contribution in [0.2, 0.25) is 0 Å². The van der Waals surface area contributed by atoms with Gasteiger partial charge in [-0.3, -0.25) is 0 Å². The van der Waals surface area contributed by atoms with E-state index in [2.05, 4.69) is 10.6 Å². The number of hydrogen-bond acceptors (Lipinski definition) is 4. The number of ether oxygens (including phenoxy) is 1. The highest BCUT2D eigenvalue weighted by atomic mass is 16.6. The van der Waals surface area contributed by atoms with E-state index in [1.165, 1.54) is 64.2 Å². The average molecular weight is 475 g/mol. The fourth-order valence-corrected chi connectivity index (χ4v) is 4.73. The second kappa shape index (κ2) is 15.0. The molecule has 0 saturated heterocycles. The van der Waals surface area contributed by atoms with Crippen LogP contribution in [0.3, 0.4) is 0 Å². The van der Waals surface area contributed by atoms with Crippen LogP contribution in [0.25, 0.3) is 0 Å². The Balaban J connectivity index is 0.000000266. The Morgan fingerprint density at radius 2 is 1.47 bits per heavy atom. The summed E-state index contributed by atoms with van der Waals surface area (Å²) in [7, 11) is 0. The molecule has 1 atom stereocenters. The fraction of sp³-hybridized carbons (Fsp3) is 0.714. The molecule has 34 heavy (non-hydrogen) atoms. The predicted octanol–water partition coefficient (Wildman–Crippen LogP) is 6.23. The summed E-state index contributed by atoms with van der Waals surface area (Å²) in [6.45, 7) is 5.20. The molecule has 2 fully saturated rings. The van der Waals surface area contributed by atoms with E-state index in [1.807, 2.05) is 30.3 Å². The number of rotatable bonds is 8. The van der Waals surface area contributed by atoms with Crippen molar-refractivity contribution < 1.29 is 19.4 Å². The Labute approximate surface area is 206 Å². The molecular weight excluding hydrogens is 428 g/mol. The van der Waals surface area contributed by atoms with Crippen LogP contribution in [0, 0.1) is 0 Å². The minimum Gasteiger partial charge on any atom is -0.480 e. The predicted molar refractivity (Wildman–Crippen MR) is 137 cm³/mol. The summed E-state index contributed by atoms with van der Waals surface area (Å²) in [4.78, 5) is 22.8. The van der Waals surface area contributed by atoms with Gasteiger partial charge in [-0.1, -0.05) is 68.9 Å². The van der Waals surface area contributed by atoms with Crippen LogP contribution >= 0.6 is 0 Å². The maximum Gasteiger partial charge on any atom is 0.408 e. The fourth-order valence-electron chi connectivity index (χ4n) is 4.73. The van der Waals surface area contributed by atoms with Crippen LogP contribution in [0.4, 0.5) is 4.79 Å². The number of carbonyl (C=O) groups excluding carboxylic acids is 1. The zero-order chi connectivity index (χ0) is 24.8. The summed E-state index contributed by atoms with van der Waals surface area (Å²) >= 11 is 0. The number of carbonyl (C=O) groups is 2. The molecule has 2 aliphatic rings. The smallest absolute Gasteiger partial charge is 0.408 e. The molecule has 2 aliphatic carbocycles. The molecule has 6 nitrogen and oxygen atoms in total. The van der Waals surface area contributed by atoms with Gasteiger partial charge in [0, 0.05) is 12.1 Å². The Bertz CT molecular complexity index is 689. The van der Waals surface area contributed by atoms with Crippen LogP contribution < -0.4 is 10.6 Å². The van der Waals surface area contributed by atoms with E-state index < -0.39 is 23.7 Å². The average Bonchev–Trinajstić information content (AvgIpc) is 2.80. The maximum absolute atomic E-state index is 11.6. The van der Waals surface area contributed by atoms with Gasteiger partial charge in [-0.15, -0.1) is 0 Å². The minimum atomic E-state index is -1.05. The highest BCUT2D eigenvalue weighted by Crippen LogP contribution is 2.22. The molecular formula is C28H46N2O4. The number of alkyl carbamates (subject to hydrolysis) is 1. The topological polar surface area (TPSA) is 87.7 Å². The highest BCUT2D eigenvalue weighted by Gasteiger charge is 2.23. The van der Waals surface area contributed by atoms with Gasteiger partial charge in [-0.05, 0) is 71.3 Å². The van der Waals surface area contributed by atoms with Crippen molar-refractivity contribution in [2.24, 2.45) is 0 Å². The molecule has 3 N–H and O–H groups in total. The van der Waals surface area contributed by atoms with E-state index in [-0.39, 0.29) is 0 Å². The van der Waals surface area contributed by atoms with E-state index in [0.29, 0.717) is 12.8 Å². The third-order valence-corrected chi connectivity index (χ3v) is 6.47. The highest BCUT2D eigenvalue weighted by molar-refractivity contribution is 5.79. The lowest BCUT2D eigenvalue weighted by molar-refractivity contribution is -0.139. The molecule has 1 aromatic rings. The van der Waals surface area contributed by atoms with E-state index in [1.54, 1.807) is 20.8 Å². The maximum atomic E-state index is 11.6. The first-order chi connectivity index (χ1) is 16.2. The van der Waals surface area contributed by atoms with Crippen molar-refractivity contribution in [1.29, 1.82) is 0 Å². The lowest BCUT2D eigenvalue weighted by atomic mass is 9.91. The van der Waals surface area contributed by atoms with Gasteiger partial charge in [0.25, 0.3) is 0 Å². The van der Waals surface area contributed by atoms with Crippen molar-refractivity contribution in [3.8, 4) is 0 Å². The van der Waals surface area contributed by atoms with Gasteiger partial charge < -0.3 is 20.5 Å². The molecule has 0 unspecified atom stereocenters. The zero-order valence-corrected chi connectivity index (χ0v) is 21.5. The number of benzene rings is 1. The normalized spacial score (nSPS) is 18.3. The first-order valence-corrected chi connectivity index (χ1v) is 13.3. The van der Waals surface area contributed by atoms with Gasteiger partial charge in [-0.25, -0.2) is 9.59 Å². The number of carboxylic acid groups (broad SMARTS) is 1. The van der Waals surface area contributed by atoms with Crippen LogP contribution in [0.1, 0.15) is 103 Å². The van der Waals surface area contributed by atoms with Crippen LogP contribution in [0.5, 0.6) is 0 Å². The summed E-state index contributed by atoms with van der Waals surface area (Å²) in [5.41, 5.74) is 0.510. The molecule has 0 aromatic heterocycles. The van der Waals surface area contributed by atoms with Gasteiger partial charge in [0.05, 0.1) is 0 Å². The molecule has 6 heteroatoms. The van der Waals surface area contributed by atoms with Gasteiger partial charge in [0.2, 0.25) is 0 Å². The lowest BCUT2D eigenvalue weighted by Crippen LogP contribution is -2.43. The Kier molecular flexibility index (Phi) is 12.4. The monoisotopic (exact) mass is 474 g/mol. The third kappa shape index (κ3) is 12.4. The Hall–Kier alpha value is -2.08. The van der Waals surface area contributed by atoms with Gasteiger partial charge in [0.1, 0.15) is 11.6 Å². The summed E-state index contributed by atoms with van der Waals surface area (Å²) < 4.78 is 5.07. The molecule has 2 saturated carbocycles. The molecule has 0 spiro atoms. The molecule has 1 amide bonds. The number of aryl methyl sites for hydroxylation is 1. The first kappa shape index (κ1) is 28.2. The SMILES string of the molecule is C1CCC(NC2CCCCC2)CC1.CC(C)(C)OC(=O)N[C@@H](CCCc1ccccc1)C(=O)O. The van der Waals surface area contributed by atoms with Crippen molar-refractivity contribution in [2.45, 2.75) is 128 Å². The van der Waals surface area contributed by atoms with Crippen molar-refractivity contribution in [3.05, 3.63) is 35.9 Å². The molecule has 0 radical (unpaired) electrons. The minimum absolute atomic E-state index is 0.365. The molecule has 3 rings (SSSR count). The second-order valence-corrected chi connectivity index (χ2v) is 10.8. The Morgan fingerprint density at radius 3 is 1.94 bits per heavy atom. The Morgan fingerprint density at radius 1 is 0.941 bits per heavy atom. The summed E-state index contributed by atoms with van der Waals surface area (Å²) in [6, 6.07) is 10.6. The molecule has 192 valence electrons. The van der Waals surface area contributed by atoms with E-state index in [4.69, 9.17) is 9.84 Å². The lowest BCUT2D eigenvalue weighted by Gasteiger charge is -2.30. The number of amides is 1. The largest absolute Gasteiger partial charge is 0.480 e. The van der Waals surface area contributed by atoms with Crippen molar-refractivity contribution in [2.75, 3.05) is 0 Å². The van der Waals surface area contributed by atoms with Gasteiger partial charge >= 0.3 is 12.1 Å². The van der Waals surface area contributed by atoms with E-state index >= 15 is 0 Å². The van der Waals surface area contributed by atoms with Crippen molar-refractivity contribution in [3.63, 3.8) is 0 Å². The second-order valence-electron chi connectivity index (χ2n) is 10.8. The number of hydrogen-bond donors (Lipinski definition) is 3. The van der Waals surface area contributed by atoms with Crippen LogP contribution in [0.15, 0.2) is 30.3 Å². The first-order valence-electron chi connectivity index (χ1n) is 13.3. The molecule has 1 aromatic carbocycles. The third-order valence-electron chi connectivity index (χ3n) is 6.47. The van der Waals surface area contributed by atoms with Gasteiger partial charge in [-0.2, -0.15) is 0 Å². The summed E-state index contributed by atoms with van der Waals surface area (Å²) in [5, 5.41) is 15.4. The molecule has 0 aliphatic heterocycles. The number of aliphatic carboxylic acids is 1. The van der Waals surface area contributed by atoms with Crippen LogP contribution in [-0.4, -0.2) is 40.9 Å². The van der Waals surface area contributed by atoms with Crippen molar-refractivity contribution in [1.82, 2.24) is 10.6 Å². The summed E-state index contributed by atoms with van der Waals surface area (Å²) in [5.74, 6) is -1.05.